The zero-order valence-electron chi connectivity index (χ0n) is 21.4. The molecule has 0 aromatic heterocycles. The molecular weight excluding hydrogens is 344 g/mol. The fourth-order valence-electron chi connectivity index (χ4n) is 4.30. The fraction of sp³-hybridized carbons (Fsp3) is 1.00. The summed E-state index contributed by atoms with van der Waals surface area (Å²) < 4.78 is 13.7. The van der Waals surface area contributed by atoms with Crippen LogP contribution in [0, 0.1) is 17.8 Å². The van der Waals surface area contributed by atoms with Crippen LogP contribution in [-0.2, 0) is 9.47 Å². The lowest BCUT2D eigenvalue weighted by Gasteiger charge is -2.49. The fourth-order valence-corrected chi connectivity index (χ4v) is 4.30. The van der Waals surface area contributed by atoms with E-state index in [1.807, 2.05) is 0 Å². The molecule has 0 aromatic rings. The number of hydrogen-bond acceptors (Lipinski definition) is 2. The van der Waals surface area contributed by atoms with Gasteiger partial charge in [-0.25, -0.2) is 0 Å². The summed E-state index contributed by atoms with van der Waals surface area (Å²) in [6, 6.07) is 0. The van der Waals surface area contributed by atoms with Crippen molar-refractivity contribution in [2.24, 2.45) is 17.8 Å². The molecule has 1 unspecified atom stereocenters. The average molecular weight is 399 g/mol. The van der Waals surface area contributed by atoms with Crippen molar-refractivity contribution >= 4 is 0 Å². The predicted octanol–water partition coefficient (Wildman–Crippen LogP) is 8.77. The third-order valence-corrected chi connectivity index (χ3v) is 4.93. The molecule has 0 aliphatic carbocycles. The van der Waals surface area contributed by atoms with Crippen LogP contribution >= 0.6 is 0 Å². The van der Waals surface area contributed by atoms with Gasteiger partial charge in [-0.2, -0.15) is 0 Å². The summed E-state index contributed by atoms with van der Waals surface area (Å²) in [5.41, 5.74) is -0.451. The maximum atomic E-state index is 6.85. The van der Waals surface area contributed by atoms with Crippen molar-refractivity contribution in [3.8, 4) is 0 Å². The standard InChI is InChI=1S/C26H54O2/c1-12-13-14-15-16-17-18-23(19-21(2)3)26(20-22(4)5,27-24(6,7)8)28-25(9,10)11/h21-23H,12-20H2,1-11H3. The highest BCUT2D eigenvalue weighted by atomic mass is 16.7. The van der Waals surface area contributed by atoms with Crippen molar-refractivity contribution in [3.05, 3.63) is 0 Å². The Morgan fingerprint density at radius 3 is 1.50 bits per heavy atom. The summed E-state index contributed by atoms with van der Waals surface area (Å²) >= 11 is 0. The maximum absolute atomic E-state index is 6.85. The quantitative estimate of drug-likeness (QED) is 0.215. The highest BCUT2D eigenvalue weighted by Crippen LogP contribution is 2.43. The van der Waals surface area contributed by atoms with Crippen LogP contribution in [0.2, 0.25) is 0 Å². The van der Waals surface area contributed by atoms with E-state index in [1.54, 1.807) is 0 Å². The molecule has 0 aliphatic heterocycles. The van der Waals surface area contributed by atoms with E-state index in [0.717, 1.165) is 12.8 Å². The second-order valence-electron chi connectivity index (χ2n) is 11.7. The van der Waals surface area contributed by atoms with Gasteiger partial charge in [0.15, 0.2) is 5.79 Å². The minimum absolute atomic E-state index is 0.226. The van der Waals surface area contributed by atoms with Crippen LogP contribution in [0.4, 0.5) is 0 Å². The molecule has 1 atom stereocenters. The van der Waals surface area contributed by atoms with Gasteiger partial charge in [-0.05, 0) is 66.2 Å². The monoisotopic (exact) mass is 398 g/mol. The normalized spacial score (nSPS) is 14.9. The van der Waals surface area contributed by atoms with Crippen LogP contribution in [0.5, 0.6) is 0 Å². The van der Waals surface area contributed by atoms with E-state index in [-0.39, 0.29) is 11.2 Å². The second-order valence-corrected chi connectivity index (χ2v) is 11.7. The summed E-state index contributed by atoms with van der Waals surface area (Å²) in [5.74, 6) is 1.09. The first kappa shape index (κ1) is 27.9. The van der Waals surface area contributed by atoms with E-state index in [0.29, 0.717) is 17.8 Å². The number of ether oxygens (including phenoxy) is 2. The first-order valence-electron chi connectivity index (χ1n) is 12.1. The van der Waals surface area contributed by atoms with Gasteiger partial charge in [0.05, 0.1) is 11.2 Å². The second kappa shape index (κ2) is 12.6. The molecule has 0 radical (unpaired) electrons. The Bertz CT molecular complexity index is 368. The summed E-state index contributed by atoms with van der Waals surface area (Å²) in [5, 5.41) is 0. The van der Waals surface area contributed by atoms with Crippen LogP contribution in [-0.4, -0.2) is 17.0 Å². The smallest absolute Gasteiger partial charge is 0.172 e. The zero-order valence-corrected chi connectivity index (χ0v) is 21.4. The Morgan fingerprint density at radius 2 is 1.11 bits per heavy atom. The molecule has 0 bridgehead atoms. The van der Waals surface area contributed by atoms with E-state index in [9.17, 15) is 0 Å². The summed E-state index contributed by atoms with van der Waals surface area (Å²) in [6.07, 6.45) is 11.3. The van der Waals surface area contributed by atoms with Crippen molar-refractivity contribution < 1.29 is 9.47 Å². The third kappa shape index (κ3) is 13.2. The Kier molecular flexibility index (Phi) is 12.5. The lowest BCUT2D eigenvalue weighted by Crippen LogP contribution is -2.53. The van der Waals surface area contributed by atoms with Crippen LogP contribution in [0.3, 0.4) is 0 Å². The van der Waals surface area contributed by atoms with Crippen molar-refractivity contribution in [1.29, 1.82) is 0 Å². The Labute approximate surface area is 178 Å². The molecule has 2 heteroatoms. The molecule has 0 N–H and O–H groups in total. The van der Waals surface area contributed by atoms with Crippen molar-refractivity contribution in [3.63, 3.8) is 0 Å². The molecule has 0 spiro atoms. The van der Waals surface area contributed by atoms with Gasteiger partial charge in [-0.1, -0.05) is 73.1 Å². The lowest BCUT2D eigenvalue weighted by molar-refractivity contribution is -0.343. The molecule has 0 amide bonds. The highest BCUT2D eigenvalue weighted by molar-refractivity contribution is 4.87. The van der Waals surface area contributed by atoms with Gasteiger partial charge in [0.25, 0.3) is 0 Å². The molecule has 0 heterocycles. The predicted molar refractivity (Wildman–Crippen MR) is 125 cm³/mol. The molecule has 2 nitrogen and oxygen atoms in total. The van der Waals surface area contributed by atoms with Gasteiger partial charge >= 0.3 is 0 Å². The summed E-state index contributed by atoms with van der Waals surface area (Å²) in [6.45, 7) is 24.6. The van der Waals surface area contributed by atoms with Gasteiger partial charge in [-0.15, -0.1) is 0 Å². The zero-order chi connectivity index (χ0) is 22.0. The number of unbranched alkanes of at least 4 members (excludes halogenated alkanes) is 5. The van der Waals surface area contributed by atoms with Gasteiger partial charge in [0.2, 0.25) is 0 Å². The van der Waals surface area contributed by atoms with E-state index in [1.165, 1.54) is 44.9 Å². The molecule has 0 fully saturated rings. The van der Waals surface area contributed by atoms with Crippen molar-refractivity contribution in [1.82, 2.24) is 0 Å². The lowest BCUT2D eigenvalue weighted by atomic mass is 9.80. The first-order valence-corrected chi connectivity index (χ1v) is 12.1. The number of hydrogen-bond donors (Lipinski definition) is 0. The molecule has 0 saturated heterocycles. The molecule has 170 valence electrons. The third-order valence-electron chi connectivity index (χ3n) is 4.93. The van der Waals surface area contributed by atoms with E-state index < -0.39 is 5.79 Å². The van der Waals surface area contributed by atoms with Crippen LogP contribution in [0.1, 0.15) is 134 Å². The van der Waals surface area contributed by atoms with E-state index >= 15 is 0 Å². The summed E-state index contributed by atoms with van der Waals surface area (Å²) in [7, 11) is 0. The molecule has 0 saturated carbocycles. The van der Waals surface area contributed by atoms with Crippen molar-refractivity contribution in [2.45, 2.75) is 151 Å². The Balaban J connectivity index is 5.62. The van der Waals surface area contributed by atoms with Gasteiger partial charge < -0.3 is 9.47 Å². The molecule has 0 rings (SSSR count). The van der Waals surface area contributed by atoms with E-state index in [4.69, 9.17) is 9.47 Å². The van der Waals surface area contributed by atoms with Gasteiger partial charge in [0.1, 0.15) is 0 Å². The van der Waals surface area contributed by atoms with Crippen molar-refractivity contribution in [2.75, 3.05) is 0 Å². The molecule has 28 heavy (non-hydrogen) atoms. The maximum Gasteiger partial charge on any atom is 0.172 e. The molecule has 0 aromatic carbocycles. The highest BCUT2D eigenvalue weighted by Gasteiger charge is 2.46. The average Bonchev–Trinajstić information content (AvgIpc) is 2.44. The topological polar surface area (TPSA) is 18.5 Å². The minimum atomic E-state index is -0.516. The van der Waals surface area contributed by atoms with Gasteiger partial charge in [-0.3, -0.25) is 0 Å². The largest absolute Gasteiger partial charge is 0.344 e. The SMILES string of the molecule is CCCCCCCCC(CC(C)C)C(CC(C)C)(OC(C)(C)C)OC(C)(C)C. The Morgan fingerprint density at radius 1 is 0.643 bits per heavy atom. The summed E-state index contributed by atoms with van der Waals surface area (Å²) in [4.78, 5) is 0. The van der Waals surface area contributed by atoms with Crippen LogP contribution in [0.15, 0.2) is 0 Å². The molecular formula is C26H54O2. The van der Waals surface area contributed by atoms with Crippen LogP contribution < -0.4 is 0 Å². The minimum Gasteiger partial charge on any atom is -0.344 e. The van der Waals surface area contributed by atoms with Crippen LogP contribution in [0.25, 0.3) is 0 Å². The first-order chi connectivity index (χ1) is 12.7. The number of rotatable bonds is 14. The van der Waals surface area contributed by atoms with Gasteiger partial charge in [0, 0.05) is 12.3 Å². The molecule has 0 aliphatic rings. The Hall–Kier alpha value is -0.0800. The van der Waals surface area contributed by atoms with E-state index in [2.05, 4.69) is 76.2 Å².